The second-order valence-corrected chi connectivity index (χ2v) is 13.2. The molecule has 4 nitrogen and oxygen atoms in total. The minimum Gasteiger partial charge on any atom is -0.481 e. The fourth-order valence-corrected chi connectivity index (χ4v) is 7.02. The molecule has 1 aliphatic carbocycles. The van der Waals surface area contributed by atoms with E-state index in [1.165, 1.54) is 116 Å². The molecule has 0 aromatic rings. The average molecular weight is 589 g/mol. The summed E-state index contributed by atoms with van der Waals surface area (Å²) in [7, 11) is 0. The van der Waals surface area contributed by atoms with Crippen LogP contribution in [0.4, 0.5) is 0 Å². The zero-order valence-electron chi connectivity index (χ0n) is 27.7. The van der Waals surface area contributed by atoms with Gasteiger partial charge in [0, 0.05) is 12.8 Å². The van der Waals surface area contributed by atoms with Gasteiger partial charge in [-0.05, 0) is 75.0 Å². The Bertz CT molecular complexity index is 712. The zero-order chi connectivity index (χ0) is 30.7. The molecule has 4 unspecified atom stereocenters. The summed E-state index contributed by atoms with van der Waals surface area (Å²) >= 11 is 0. The van der Waals surface area contributed by atoms with Crippen LogP contribution in [-0.2, 0) is 9.59 Å². The van der Waals surface area contributed by atoms with Gasteiger partial charge in [0.05, 0.1) is 0 Å². The fourth-order valence-electron chi connectivity index (χ4n) is 7.02. The number of carboxylic acid groups (broad SMARTS) is 2. The van der Waals surface area contributed by atoms with Gasteiger partial charge < -0.3 is 10.2 Å². The molecule has 0 saturated heterocycles. The summed E-state index contributed by atoms with van der Waals surface area (Å²) in [5, 5.41) is 17.7. The molecule has 1 aliphatic rings. The lowest BCUT2D eigenvalue weighted by Gasteiger charge is -2.40. The minimum atomic E-state index is -0.669. The molecule has 0 radical (unpaired) electrons. The summed E-state index contributed by atoms with van der Waals surface area (Å²) in [6.45, 7) is 4.58. The van der Waals surface area contributed by atoms with Crippen molar-refractivity contribution in [2.24, 2.45) is 23.7 Å². The second-order valence-electron chi connectivity index (χ2n) is 13.2. The van der Waals surface area contributed by atoms with Gasteiger partial charge in [-0.1, -0.05) is 141 Å². The second kappa shape index (κ2) is 27.0. The van der Waals surface area contributed by atoms with Crippen molar-refractivity contribution in [3.8, 4) is 0 Å². The first-order valence-electron chi connectivity index (χ1n) is 18.3. The highest BCUT2D eigenvalue weighted by atomic mass is 16.4. The highest BCUT2D eigenvalue weighted by Gasteiger charge is 2.34. The summed E-state index contributed by atoms with van der Waals surface area (Å²) in [4.78, 5) is 21.5. The van der Waals surface area contributed by atoms with Gasteiger partial charge in [-0.15, -0.1) is 0 Å². The van der Waals surface area contributed by atoms with Crippen LogP contribution in [0.5, 0.6) is 0 Å². The highest BCUT2D eigenvalue weighted by molar-refractivity contribution is 5.66. The third-order valence-corrected chi connectivity index (χ3v) is 9.55. The monoisotopic (exact) mass is 589 g/mol. The molecular formula is C38H68O4. The van der Waals surface area contributed by atoms with E-state index in [0.717, 1.165) is 50.4 Å². The van der Waals surface area contributed by atoms with E-state index in [2.05, 4.69) is 38.2 Å². The van der Waals surface area contributed by atoms with Gasteiger partial charge in [-0.2, -0.15) is 0 Å². The molecule has 0 aromatic heterocycles. The SMILES string of the molecule is CCCCCC=CCC1C(CCCCCC)C=CC(CCCCCCCCC(=O)O)C1CCCCCCCCC(=O)O. The molecule has 0 saturated carbocycles. The molecule has 0 fully saturated rings. The van der Waals surface area contributed by atoms with Crippen molar-refractivity contribution in [1.29, 1.82) is 0 Å². The molecule has 4 heteroatoms. The van der Waals surface area contributed by atoms with Crippen LogP contribution in [0.2, 0.25) is 0 Å². The quantitative estimate of drug-likeness (QED) is 0.0673. The number of rotatable bonds is 29. The van der Waals surface area contributed by atoms with Crippen LogP contribution in [-0.4, -0.2) is 22.2 Å². The zero-order valence-corrected chi connectivity index (χ0v) is 27.7. The maximum absolute atomic E-state index is 10.8. The van der Waals surface area contributed by atoms with E-state index >= 15 is 0 Å². The minimum absolute atomic E-state index is 0.310. The Morgan fingerprint density at radius 2 is 0.952 bits per heavy atom. The third-order valence-electron chi connectivity index (χ3n) is 9.55. The van der Waals surface area contributed by atoms with E-state index in [1.54, 1.807) is 0 Å². The molecule has 244 valence electrons. The molecule has 0 aromatic carbocycles. The van der Waals surface area contributed by atoms with Gasteiger partial charge in [0.1, 0.15) is 0 Å². The topological polar surface area (TPSA) is 74.6 Å². The van der Waals surface area contributed by atoms with Gasteiger partial charge in [0.15, 0.2) is 0 Å². The summed E-state index contributed by atoms with van der Waals surface area (Å²) in [5.41, 5.74) is 0. The van der Waals surface area contributed by atoms with Crippen molar-refractivity contribution in [2.75, 3.05) is 0 Å². The van der Waals surface area contributed by atoms with Crippen LogP contribution >= 0.6 is 0 Å². The maximum Gasteiger partial charge on any atom is 0.303 e. The van der Waals surface area contributed by atoms with Crippen LogP contribution < -0.4 is 0 Å². The fraction of sp³-hybridized carbons (Fsp3) is 0.842. The lowest BCUT2D eigenvalue weighted by atomic mass is 9.65. The summed E-state index contributed by atoms with van der Waals surface area (Å²) in [5.74, 6) is 1.60. The van der Waals surface area contributed by atoms with Crippen LogP contribution in [0.15, 0.2) is 24.3 Å². The Labute approximate surface area is 260 Å². The Balaban J connectivity index is 2.75. The van der Waals surface area contributed by atoms with Crippen molar-refractivity contribution < 1.29 is 19.8 Å². The van der Waals surface area contributed by atoms with Crippen molar-refractivity contribution >= 4 is 11.9 Å². The predicted octanol–water partition coefficient (Wildman–Crippen LogP) is 11.9. The number of aliphatic carboxylic acids is 2. The standard InChI is InChI=1S/C38H68O4/c1-3-5-7-9-15-21-27-35-33(25-19-8-6-4-2)31-32-34(26-20-14-10-12-17-23-29-37(39)40)36(35)28-22-16-11-13-18-24-30-38(41)42/h15,21,31-36H,3-14,16-20,22-30H2,1-2H3,(H,39,40)(H,41,42). The summed E-state index contributed by atoms with van der Waals surface area (Å²) in [6.07, 6.45) is 40.2. The van der Waals surface area contributed by atoms with Crippen LogP contribution in [0.1, 0.15) is 181 Å². The Kier molecular flexibility index (Phi) is 24.7. The Hall–Kier alpha value is -1.58. The lowest BCUT2D eigenvalue weighted by Crippen LogP contribution is -2.31. The number of hydrogen-bond donors (Lipinski definition) is 2. The van der Waals surface area contributed by atoms with Crippen molar-refractivity contribution in [1.82, 2.24) is 0 Å². The first-order chi connectivity index (χ1) is 20.5. The van der Waals surface area contributed by atoms with Crippen LogP contribution in [0.25, 0.3) is 0 Å². The van der Waals surface area contributed by atoms with Gasteiger partial charge in [0.2, 0.25) is 0 Å². The van der Waals surface area contributed by atoms with E-state index in [1.807, 2.05) is 0 Å². The number of hydrogen-bond acceptors (Lipinski definition) is 2. The smallest absolute Gasteiger partial charge is 0.303 e. The molecular weight excluding hydrogens is 520 g/mol. The van der Waals surface area contributed by atoms with Gasteiger partial charge in [-0.3, -0.25) is 9.59 Å². The average Bonchev–Trinajstić information content (AvgIpc) is 2.96. The summed E-state index contributed by atoms with van der Waals surface area (Å²) in [6, 6.07) is 0. The molecule has 0 amide bonds. The largest absolute Gasteiger partial charge is 0.481 e. The first-order valence-corrected chi connectivity index (χ1v) is 18.3. The Morgan fingerprint density at radius 3 is 1.48 bits per heavy atom. The van der Waals surface area contributed by atoms with Crippen LogP contribution in [0, 0.1) is 23.7 Å². The molecule has 1 rings (SSSR count). The number of unbranched alkanes of at least 4 members (excludes halogenated alkanes) is 16. The van der Waals surface area contributed by atoms with E-state index < -0.39 is 11.9 Å². The number of allylic oxidation sites excluding steroid dienone is 4. The molecule has 42 heavy (non-hydrogen) atoms. The molecule has 2 N–H and O–H groups in total. The van der Waals surface area contributed by atoms with Crippen LogP contribution in [0.3, 0.4) is 0 Å². The number of carboxylic acids is 2. The van der Waals surface area contributed by atoms with Gasteiger partial charge in [0.25, 0.3) is 0 Å². The van der Waals surface area contributed by atoms with Crippen molar-refractivity contribution in [2.45, 2.75) is 181 Å². The number of carbonyl (C=O) groups is 2. The van der Waals surface area contributed by atoms with Gasteiger partial charge >= 0.3 is 11.9 Å². The molecule has 0 heterocycles. The maximum atomic E-state index is 10.8. The van der Waals surface area contributed by atoms with Crippen molar-refractivity contribution in [3.05, 3.63) is 24.3 Å². The Morgan fingerprint density at radius 1 is 0.524 bits per heavy atom. The highest BCUT2D eigenvalue weighted by Crippen LogP contribution is 2.44. The first kappa shape index (κ1) is 38.4. The van der Waals surface area contributed by atoms with E-state index in [0.29, 0.717) is 24.7 Å². The van der Waals surface area contributed by atoms with E-state index in [4.69, 9.17) is 10.2 Å². The predicted molar refractivity (Wildman–Crippen MR) is 179 cm³/mol. The van der Waals surface area contributed by atoms with Crippen molar-refractivity contribution in [3.63, 3.8) is 0 Å². The molecule has 0 bridgehead atoms. The van der Waals surface area contributed by atoms with E-state index in [9.17, 15) is 9.59 Å². The normalized spacial score (nSPS) is 20.4. The molecule has 4 atom stereocenters. The molecule has 0 aliphatic heterocycles. The lowest BCUT2D eigenvalue weighted by molar-refractivity contribution is -0.138. The molecule has 0 spiro atoms. The van der Waals surface area contributed by atoms with E-state index in [-0.39, 0.29) is 0 Å². The third kappa shape index (κ3) is 20.3. The van der Waals surface area contributed by atoms with Gasteiger partial charge in [-0.25, -0.2) is 0 Å². The summed E-state index contributed by atoms with van der Waals surface area (Å²) < 4.78 is 0.